The van der Waals surface area contributed by atoms with Gasteiger partial charge in [-0.15, -0.1) is 0 Å². The number of hydrogen-bond acceptors (Lipinski definition) is 1. The van der Waals surface area contributed by atoms with Crippen molar-refractivity contribution >= 4 is 5.71 Å². The van der Waals surface area contributed by atoms with Crippen LogP contribution in [0.4, 0.5) is 0 Å². The van der Waals surface area contributed by atoms with E-state index in [0.29, 0.717) is 5.92 Å². The van der Waals surface area contributed by atoms with Gasteiger partial charge in [-0.1, -0.05) is 43.6 Å². The maximum atomic E-state index is 4.27. The maximum absolute atomic E-state index is 4.27. The van der Waals surface area contributed by atoms with Crippen LogP contribution < -0.4 is 0 Å². The molecule has 1 unspecified atom stereocenters. The number of hydrogen-bond donors (Lipinski definition) is 0. The second-order valence-corrected chi connectivity index (χ2v) is 6.14. The fourth-order valence-corrected chi connectivity index (χ4v) is 1.92. The van der Waals surface area contributed by atoms with Crippen LogP contribution in [0.15, 0.2) is 27.8 Å². The molecule has 0 aromatic heterocycles. The summed E-state index contributed by atoms with van der Waals surface area (Å²) in [5.41, 5.74) is 5.75. The first-order valence-electron chi connectivity index (χ1n) is 6.89. The zero-order chi connectivity index (χ0) is 14.5. The van der Waals surface area contributed by atoms with Crippen LogP contribution >= 0.6 is 0 Å². The molecule has 0 heterocycles. The van der Waals surface area contributed by atoms with Gasteiger partial charge in [-0.3, -0.25) is 4.99 Å². The molecule has 0 saturated carbocycles. The molecule has 0 aliphatic rings. The molecule has 0 aliphatic carbocycles. The van der Waals surface area contributed by atoms with Gasteiger partial charge in [0.25, 0.3) is 0 Å². The van der Waals surface area contributed by atoms with Crippen LogP contribution in [0.5, 0.6) is 0 Å². The summed E-state index contributed by atoms with van der Waals surface area (Å²) < 4.78 is 0. The van der Waals surface area contributed by atoms with E-state index >= 15 is 0 Å². The largest absolute Gasteiger partial charge is 0.297 e. The molecule has 1 atom stereocenters. The Morgan fingerprint density at radius 3 is 2.00 bits per heavy atom. The number of aliphatic imine (C=N–C) groups is 1. The molecule has 0 N–H and O–H groups in total. The van der Waals surface area contributed by atoms with Crippen molar-refractivity contribution in [3.05, 3.63) is 22.8 Å². The summed E-state index contributed by atoms with van der Waals surface area (Å²) in [6, 6.07) is 0. The normalized spacial score (nSPS) is 15.6. The minimum Gasteiger partial charge on any atom is -0.297 e. The predicted molar refractivity (Wildman–Crippen MR) is 84.4 cm³/mol. The third-order valence-corrected chi connectivity index (χ3v) is 4.52. The Balaban J connectivity index is 4.95. The second-order valence-electron chi connectivity index (χ2n) is 6.14. The van der Waals surface area contributed by atoms with Gasteiger partial charge in [0.15, 0.2) is 0 Å². The van der Waals surface area contributed by atoms with Crippen LogP contribution in [-0.2, 0) is 0 Å². The standard InChI is InChI=1S/C17H31N/c1-12(2)15(5)17(7,8)14(4)11-10-13(3)16(6)18-9/h11,13H,10H2,1-9H3. The van der Waals surface area contributed by atoms with E-state index in [-0.39, 0.29) is 5.41 Å². The second kappa shape index (κ2) is 6.92. The SMILES string of the molecule is CN=C(C)C(C)CC=C(C)C(C)(C)C(C)=C(C)C. The quantitative estimate of drug-likeness (QED) is 0.455. The molecule has 18 heavy (non-hydrogen) atoms. The van der Waals surface area contributed by atoms with Gasteiger partial charge in [-0.2, -0.15) is 0 Å². The molecule has 104 valence electrons. The van der Waals surface area contributed by atoms with Crippen molar-refractivity contribution in [1.29, 1.82) is 0 Å². The molecule has 1 nitrogen and oxygen atoms in total. The lowest BCUT2D eigenvalue weighted by Crippen LogP contribution is -2.16. The third kappa shape index (κ3) is 4.44. The van der Waals surface area contributed by atoms with Crippen molar-refractivity contribution in [2.75, 3.05) is 7.05 Å². The Morgan fingerprint density at radius 2 is 1.61 bits per heavy atom. The average molecular weight is 249 g/mol. The fraction of sp³-hybridized carbons (Fsp3) is 0.706. The highest BCUT2D eigenvalue weighted by Gasteiger charge is 2.22. The summed E-state index contributed by atoms with van der Waals surface area (Å²) >= 11 is 0. The summed E-state index contributed by atoms with van der Waals surface area (Å²) in [5.74, 6) is 0.535. The first-order valence-corrected chi connectivity index (χ1v) is 6.89. The zero-order valence-electron chi connectivity index (χ0n) is 13.8. The molecule has 0 saturated heterocycles. The van der Waals surface area contributed by atoms with E-state index in [2.05, 4.69) is 66.5 Å². The lowest BCUT2D eigenvalue weighted by molar-refractivity contribution is 0.527. The van der Waals surface area contributed by atoms with Crippen molar-refractivity contribution in [2.24, 2.45) is 16.3 Å². The van der Waals surface area contributed by atoms with Crippen molar-refractivity contribution < 1.29 is 0 Å². The molecule has 0 aromatic carbocycles. The molecule has 0 radical (unpaired) electrons. The number of allylic oxidation sites excluding steroid dienone is 4. The molecule has 1 heteroatoms. The summed E-state index contributed by atoms with van der Waals surface area (Å²) in [6.07, 6.45) is 3.46. The first kappa shape index (κ1) is 17.2. The molecule has 0 aromatic rings. The van der Waals surface area contributed by atoms with Gasteiger partial charge in [0.1, 0.15) is 0 Å². The minimum absolute atomic E-state index is 0.163. The third-order valence-electron chi connectivity index (χ3n) is 4.52. The van der Waals surface area contributed by atoms with Crippen LogP contribution in [0.25, 0.3) is 0 Å². The van der Waals surface area contributed by atoms with Crippen LogP contribution in [0.1, 0.15) is 61.8 Å². The Hall–Kier alpha value is -0.850. The van der Waals surface area contributed by atoms with E-state index in [9.17, 15) is 0 Å². The van der Waals surface area contributed by atoms with Gasteiger partial charge in [-0.25, -0.2) is 0 Å². The first-order chi connectivity index (χ1) is 8.14. The van der Waals surface area contributed by atoms with Crippen LogP contribution in [0, 0.1) is 11.3 Å². The number of rotatable bonds is 5. The van der Waals surface area contributed by atoms with E-state index in [1.807, 2.05) is 7.05 Å². The molecule has 0 rings (SSSR count). The van der Waals surface area contributed by atoms with Crippen molar-refractivity contribution in [3.8, 4) is 0 Å². The van der Waals surface area contributed by atoms with Gasteiger partial charge >= 0.3 is 0 Å². The molecule has 0 bridgehead atoms. The monoisotopic (exact) mass is 249 g/mol. The van der Waals surface area contributed by atoms with Gasteiger partial charge in [0, 0.05) is 18.2 Å². The topological polar surface area (TPSA) is 12.4 Å². The molecular weight excluding hydrogens is 218 g/mol. The molecule has 0 fully saturated rings. The predicted octanol–water partition coefficient (Wildman–Crippen LogP) is 5.43. The minimum atomic E-state index is 0.163. The van der Waals surface area contributed by atoms with Crippen molar-refractivity contribution in [2.45, 2.75) is 61.8 Å². The van der Waals surface area contributed by atoms with Crippen LogP contribution in [0.2, 0.25) is 0 Å². The van der Waals surface area contributed by atoms with Crippen LogP contribution in [0.3, 0.4) is 0 Å². The van der Waals surface area contributed by atoms with E-state index in [0.717, 1.165) is 6.42 Å². The lowest BCUT2D eigenvalue weighted by Gasteiger charge is -2.29. The van der Waals surface area contributed by atoms with Gasteiger partial charge in [-0.05, 0) is 47.0 Å². The summed E-state index contributed by atoms with van der Waals surface area (Å²) in [4.78, 5) is 4.27. The van der Waals surface area contributed by atoms with E-state index in [1.165, 1.54) is 22.4 Å². The molecule has 0 aliphatic heterocycles. The fourth-order valence-electron chi connectivity index (χ4n) is 1.92. The van der Waals surface area contributed by atoms with Crippen molar-refractivity contribution in [3.63, 3.8) is 0 Å². The van der Waals surface area contributed by atoms with Gasteiger partial charge in [0.05, 0.1) is 0 Å². The smallest absolute Gasteiger partial charge is 0.0276 e. The van der Waals surface area contributed by atoms with Crippen molar-refractivity contribution in [1.82, 2.24) is 0 Å². The van der Waals surface area contributed by atoms with Gasteiger partial charge < -0.3 is 0 Å². The number of nitrogens with zero attached hydrogens (tertiary/aromatic N) is 1. The Morgan fingerprint density at radius 1 is 1.11 bits per heavy atom. The Labute approximate surface area is 114 Å². The Bertz CT molecular complexity index is 363. The molecule has 0 amide bonds. The maximum Gasteiger partial charge on any atom is 0.0276 e. The molecular formula is C17H31N. The highest BCUT2D eigenvalue weighted by Crippen LogP contribution is 2.36. The van der Waals surface area contributed by atoms with Crippen LogP contribution in [-0.4, -0.2) is 12.8 Å². The summed E-state index contributed by atoms with van der Waals surface area (Å²) in [5, 5.41) is 0. The Kier molecular flexibility index (Phi) is 6.59. The lowest BCUT2D eigenvalue weighted by atomic mass is 9.76. The van der Waals surface area contributed by atoms with E-state index in [4.69, 9.17) is 0 Å². The van der Waals surface area contributed by atoms with E-state index < -0.39 is 0 Å². The van der Waals surface area contributed by atoms with Gasteiger partial charge in [0.2, 0.25) is 0 Å². The summed E-state index contributed by atoms with van der Waals surface area (Å²) in [6.45, 7) is 17.9. The molecule has 0 spiro atoms. The zero-order valence-corrected chi connectivity index (χ0v) is 13.8. The van der Waals surface area contributed by atoms with E-state index in [1.54, 1.807) is 0 Å². The highest BCUT2D eigenvalue weighted by atomic mass is 14.7. The highest BCUT2D eigenvalue weighted by molar-refractivity contribution is 5.84. The summed E-state index contributed by atoms with van der Waals surface area (Å²) in [7, 11) is 1.87. The average Bonchev–Trinajstić information content (AvgIpc) is 2.32.